The number of thiophene rings is 1. The molecule has 96 valence electrons. The van der Waals surface area contributed by atoms with Crippen LogP contribution in [0.1, 0.15) is 4.88 Å². The first kappa shape index (κ1) is 12.9. The molecule has 2 aromatic rings. The molecule has 2 N–H and O–H groups in total. The number of anilines is 1. The van der Waals surface area contributed by atoms with Crippen LogP contribution < -0.4 is 4.72 Å². The second-order valence-electron chi connectivity index (χ2n) is 3.06. The van der Waals surface area contributed by atoms with Gasteiger partial charge in [0.2, 0.25) is 5.13 Å². The quantitative estimate of drug-likeness (QED) is 0.820. The second-order valence-corrected chi connectivity index (χ2v) is 6.87. The van der Waals surface area contributed by atoms with Crippen LogP contribution in [0.25, 0.3) is 0 Å². The third-order valence-electron chi connectivity index (χ3n) is 1.75. The van der Waals surface area contributed by atoms with Crippen LogP contribution in [0.4, 0.5) is 5.13 Å². The molecule has 2 heterocycles. The maximum Gasteiger partial charge on any atom is 0.308 e. The minimum Gasteiger partial charge on any atom is -0.481 e. The van der Waals surface area contributed by atoms with Crippen molar-refractivity contribution in [3.05, 3.63) is 17.0 Å². The average molecular weight is 306 g/mol. The van der Waals surface area contributed by atoms with E-state index in [0.717, 1.165) is 22.9 Å². The van der Waals surface area contributed by atoms with Crippen LogP contribution in [0.5, 0.6) is 0 Å². The van der Waals surface area contributed by atoms with Gasteiger partial charge in [-0.15, -0.1) is 11.3 Å². The Kier molecular flexibility index (Phi) is 3.54. The third kappa shape index (κ3) is 3.00. The highest BCUT2D eigenvalue weighted by Gasteiger charge is 2.19. The molecule has 0 radical (unpaired) electrons. The molecular formula is C7H6N4O4S3. The van der Waals surface area contributed by atoms with Crippen molar-refractivity contribution < 1.29 is 18.3 Å². The Morgan fingerprint density at radius 3 is 2.83 bits per heavy atom. The number of sulfonamides is 1. The number of nitrogens with zero attached hydrogens (tertiary/aromatic N) is 3. The van der Waals surface area contributed by atoms with Crippen LogP contribution in [0.15, 0.2) is 16.3 Å². The van der Waals surface area contributed by atoms with E-state index >= 15 is 0 Å². The fourth-order valence-electron chi connectivity index (χ4n) is 1.09. The summed E-state index contributed by atoms with van der Waals surface area (Å²) in [6, 6.07) is 2.81. The van der Waals surface area contributed by atoms with Crippen molar-refractivity contribution in [2.75, 3.05) is 4.72 Å². The summed E-state index contributed by atoms with van der Waals surface area (Å²) in [5.41, 5.74) is 0. The molecule has 2 aromatic heterocycles. The van der Waals surface area contributed by atoms with Gasteiger partial charge < -0.3 is 5.11 Å². The van der Waals surface area contributed by atoms with Crippen molar-refractivity contribution in [1.82, 2.24) is 14.8 Å². The summed E-state index contributed by atoms with van der Waals surface area (Å²) in [7, 11) is -3.75. The van der Waals surface area contributed by atoms with Gasteiger partial charge in [-0.3, -0.25) is 9.52 Å². The largest absolute Gasteiger partial charge is 0.481 e. The lowest BCUT2D eigenvalue weighted by Gasteiger charge is -2.00. The van der Waals surface area contributed by atoms with Crippen molar-refractivity contribution in [2.45, 2.75) is 10.6 Å². The minimum atomic E-state index is -3.75. The third-order valence-corrected chi connectivity index (χ3v) is 5.30. The minimum absolute atomic E-state index is 0.0222. The Balaban J connectivity index is 2.19. The number of aliphatic carboxylic acids is 1. The number of nitrogens with one attached hydrogen (secondary N) is 1. The molecule has 0 fully saturated rings. The molecule has 2 rings (SSSR count). The summed E-state index contributed by atoms with van der Waals surface area (Å²) in [5, 5.41) is 15.4. The molecule has 0 aromatic carbocycles. The van der Waals surface area contributed by atoms with Crippen LogP contribution >= 0.6 is 22.9 Å². The zero-order valence-corrected chi connectivity index (χ0v) is 11.0. The lowest BCUT2D eigenvalue weighted by atomic mass is 10.3. The molecule has 0 aliphatic carbocycles. The predicted molar refractivity (Wildman–Crippen MR) is 64.2 cm³/mol. The highest BCUT2D eigenvalue weighted by molar-refractivity contribution is 7.94. The number of aromatic nitrogens is 3. The van der Waals surface area contributed by atoms with Gasteiger partial charge >= 0.3 is 5.97 Å². The molecule has 0 aliphatic heterocycles. The molecule has 0 spiro atoms. The summed E-state index contributed by atoms with van der Waals surface area (Å²) < 4.78 is 29.4. The summed E-state index contributed by atoms with van der Waals surface area (Å²) in [4.78, 5) is 11.0. The van der Waals surface area contributed by atoms with Gasteiger partial charge in [-0.25, -0.2) is 8.42 Å². The van der Waals surface area contributed by atoms with E-state index in [1.165, 1.54) is 12.1 Å². The zero-order chi connectivity index (χ0) is 13.2. The Labute approximate surface area is 110 Å². The summed E-state index contributed by atoms with van der Waals surface area (Å²) in [5.74, 6) is -1.01. The van der Waals surface area contributed by atoms with Gasteiger partial charge in [-0.1, -0.05) is 9.59 Å². The smallest absolute Gasteiger partial charge is 0.308 e. The highest BCUT2D eigenvalue weighted by atomic mass is 32.2. The number of rotatable bonds is 5. The Morgan fingerprint density at radius 1 is 1.44 bits per heavy atom. The molecule has 0 unspecified atom stereocenters. The normalized spacial score (nSPS) is 11.3. The lowest BCUT2D eigenvalue weighted by Crippen LogP contribution is -2.11. The number of carboxylic acid groups (broad SMARTS) is 1. The van der Waals surface area contributed by atoms with Crippen LogP contribution in [0.3, 0.4) is 0 Å². The van der Waals surface area contributed by atoms with E-state index in [4.69, 9.17) is 5.11 Å². The Morgan fingerprint density at radius 2 is 2.22 bits per heavy atom. The zero-order valence-electron chi connectivity index (χ0n) is 8.60. The fraction of sp³-hybridized carbons (Fsp3) is 0.143. The predicted octanol–water partition coefficient (Wildman–Crippen LogP) is 0.422. The van der Waals surface area contributed by atoms with Crippen molar-refractivity contribution in [3.63, 3.8) is 0 Å². The molecule has 11 heteroatoms. The summed E-state index contributed by atoms with van der Waals surface area (Å²) in [6.07, 6.45) is -0.208. The SMILES string of the molecule is O=C(O)Cc1ccc(S(=O)(=O)Nc2nnns2)s1. The van der Waals surface area contributed by atoms with Gasteiger partial charge in [0.05, 0.1) is 6.42 Å². The maximum atomic E-state index is 11.9. The van der Waals surface area contributed by atoms with Gasteiger partial charge in [0, 0.05) is 16.4 Å². The molecule has 18 heavy (non-hydrogen) atoms. The topological polar surface area (TPSA) is 122 Å². The fourth-order valence-corrected chi connectivity index (χ4v) is 4.02. The lowest BCUT2D eigenvalue weighted by molar-refractivity contribution is -0.136. The van der Waals surface area contributed by atoms with E-state index in [0.29, 0.717) is 4.88 Å². The van der Waals surface area contributed by atoms with E-state index in [9.17, 15) is 13.2 Å². The summed E-state index contributed by atoms with van der Waals surface area (Å²) in [6.45, 7) is 0. The first-order valence-electron chi connectivity index (χ1n) is 4.46. The molecular weight excluding hydrogens is 300 g/mol. The summed E-state index contributed by atoms with van der Waals surface area (Å²) >= 11 is 1.70. The number of carbonyl (C=O) groups is 1. The first-order valence-corrected chi connectivity index (χ1v) is 7.53. The van der Waals surface area contributed by atoms with Crippen molar-refractivity contribution >= 4 is 44.0 Å². The van der Waals surface area contributed by atoms with Gasteiger partial charge in [0.1, 0.15) is 4.21 Å². The number of carboxylic acids is 1. The Hall–Kier alpha value is -1.59. The van der Waals surface area contributed by atoms with Gasteiger partial charge in [-0.05, 0) is 17.3 Å². The van der Waals surface area contributed by atoms with Crippen molar-refractivity contribution in [3.8, 4) is 0 Å². The first-order chi connectivity index (χ1) is 8.47. The van der Waals surface area contributed by atoms with Gasteiger partial charge in [-0.2, -0.15) is 0 Å². The molecule has 8 nitrogen and oxygen atoms in total. The maximum absolute atomic E-state index is 11.9. The van der Waals surface area contributed by atoms with Gasteiger partial charge in [0.15, 0.2) is 0 Å². The van der Waals surface area contributed by atoms with Crippen LogP contribution in [-0.2, 0) is 21.2 Å². The van der Waals surface area contributed by atoms with E-state index in [2.05, 4.69) is 19.5 Å². The molecule has 0 amide bonds. The molecule has 0 saturated heterocycles. The molecule has 0 aliphatic rings. The highest BCUT2D eigenvalue weighted by Crippen LogP contribution is 2.24. The average Bonchev–Trinajstić information content (AvgIpc) is 2.87. The second kappa shape index (κ2) is 4.96. The van der Waals surface area contributed by atoms with E-state index in [1.807, 2.05) is 0 Å². The van der Waals surface area contributed by atoms with E-state index in [1.54, 1.807) is 0 Å². The van der Waals surface area contributed by atoms with Crippen molar-refractivity contribution in [1.29, 1.82) is 0 Å². The van der Waals surface area contributed by atoms with Crippen LogP contribution in [0, 0.1) is 0 Å². The molecule has 0 atom stereocenters. The number of hydrogen-bond acceptors (Lipinski definition) is 8. The standard InChI is InChI=1S/C7H6N4O4S3/c12-5(13)3-4-1-2-6(16-4)18(14,15)9-7-8-10-11-17-7/h1-2H,3H2,(H,12,13)(H,8,9,11). The van der Waals surface area contributed by atoms with E-state index < -0.39 is 16.0 Å². The molecule has 0 saturated carbocycles. The molecule has 0 bridgehead atoms. The van der Waals surface area contributed by atoms with Crippen LogP contribution in [0.2, 0.25) is 0 Å². The monoisotopic (exact) mass is 306 g/mol. The van der Waals surface area contributed by atoms with Crippen molar-refractivity contribution in [2.24, 2.45) is 0 Å². The van der Waals surface area contributed by atoms with Crippen LogP contribution in [-0.4, -0.2) is 34.3 Å². The number of hydrogen-bond donors (Lipinski definition) is 2. The Bertz CT molecular complexity index is 648. The van der Waals surface area contributed by atoms with Gasteiger partial charge in [0.25, 0.3) is 10.0 Å². The van der Waals surface area contributed by atoms with E-state index in [-0.39, 0.29) is 15.8 Å².